The molecular weight excluding hydrogens is 274 g/mol. The second kappa shape index (κ2) is 7.22. The third-order valence-electron chi connectivity index (χ3n) is 4.36. The van der Waals surface area contributed by atoms with Gasteiger partial charge in [0.05, 0.1) is 24.7 Å². The molecule has 120 valence electrons. The Labute approximate surface area is 125 Å². The standard InChI is InChI=1S/C15H25NO5/c1-11(21-10-12-5-4-8-20-12)14(19)16-15(9-13(17)18)6-2-3-7-15/h11-12H,2-10H2,1H3,(H,16,19)(H,17,18). The number of hydrogen-bond acceptors (Lipinski definition) is 4. The zero-order valence-electron chi connectivity index (χ0n) is 12.6. The molecule has 2 N–H and O–H groups in total. The Morgan fingerprint density at radius 3 is 2.67 bits per heavy atom. The predicted octanol–water partition coefficient (Wildman–Crippen LogP) is 1.47. The minimum atomic E-state index is -0.870. The van der Waals surface area contributed by atoms with Crippen molar-refractivity contribution in [2.45, 2.75) is 69.6 Å². The number of amides is 1. The number of nitrogens with one attached hydrogen (secondary N) is 1. The van der Waals surface area contributed by atoms with Crippen LogP contribution in [0.15, 0.2) is 0 Å². The smallest absolute Gasteiger partial charge is 0.305 e. The average molecular weight is 299 g/mol. The van der Waals surface area contributed by atoms with Gasteiger partial charge in [-0.3, -0.25) is 9.59 Å². The maximum absolute atomic E-state index is 12.2. The average Bonchev–Trinajstić information content (AvgIpc) is 3.07. The SMILES string of the molecule is CC(OCC1CCCO1)C(=O)NC1(CC(=O)O)CCCC1. The molecule has 2 fully saturated rings. The van der Waals surface area contributed by atoms with Gasteiger partial charge in [-0.15, -0.1) is 0 Å². The van der Waals surface area contributed by atoms with Gasteiger partial charge in [-0.05, 0) is 32.6 Å². The number of carboxylic acid groups (broad SMARTS) is 1. The van der Waals surface area contributed by atoms with Crippen molar-refractivity contribution < 1.29 is 24.2 Å². The minimum absolute atomic E-state index is 0.0167. The molecule has 1 heterocycles. The van der Waals surface area contributed by atoms with Crippen molar-refractivity contribution in [3.63, 3.8) is 0 Å². The van der Waals surface area contributed by atoms with Gasteiger partial charge in [0.2, 0.25) is 5.91 Å². The van der Waals surface area contributed by atoms with Gasteiger partial charge < -0.3 is 19.9 Å². The molecule has 2 unspecified atom stereocenters. The monoisotopic (exact) mass is 299 g/mol. The van der Waals surface area contributed by atoms with E-state index in [0.29, 0.717) is 6.61 Å². The molecule has 0 aromatic carbocycles. The summed E-state index contributed by atoms with van der Waals surface area (Å²) >= 11 is 0. The number of carboxylic acids is 1. The number of carbonyl (C=O) groups excluding carboxylic acids is 1. The lowest BCUT2D eigenvalue weighted by Gasteiger charge is -2.30. The van der Waals surface area contributed by atoms with Crippen LogP contribution in [0.4, 0.5) is 0 Å². The van der Waals surface area contributed by atoms with E-state index in [2.05, 4.69) is 5.32 Å². The molecule has 1 amide bonds. The van der Waals surface area contributed by atoms with Crippen molar-refractivity contribution in [2.24, 2.45) is 0 Å². The van der Waals surface area contributed by atoms with Gasteiger partial charge in [0.1, 0.15) is 6.10 Å². The van der Waals surface area contributed by atoms with Crippen LogP contribution in [0.5, 0.6) is 0 Å². The van der Waals surface area contributed by atoms with Crippen LogP contribution in [-0.2, 0) is 19.1 Å². The first kappa shape index (κ1) is 16.2. The van der Waals surface area contributed by atoms with Crippen LogP contribution in [0.2, 0.25) is 0 Å². The minimum Gasteiger partial charge on any atom is -0.481 e. The van der Waals surface area contributed by atoms with E-state index >= 15 is 0 Å². The van der Waals surface area contributed by atoms with Crippen LogP contribution in [0.25, 0.3) is 0 Å². The van der Waals surface area contributed by atoms with Gasteiger partial charge in [-0.1, -0.05) is 12.8 Å². The molecule has 21 heavy (non-hydrogen) atoms. The van der Waals surface area contributed by atoms with E-state index in [9.17, 15) is 9.59 Å². The van der Waals surface area contributed by atoms with Crippen LogP contribution in [0, 0.1) is 0 Å². The summed E-state index contributed by atoms with van der Waals surface area (Å²) in [4.78, 5) is 23.2. The fourth-order valence-corrected chi connectivity index (χ4v) is 3.15. The molecule has 0 aromatic rings. The predicted molar refractivity (Wildman–Crippen MR) is 76.0 cm³/mol. The highest BCUT2D eigenvalue weighted by atomic mass is 16.5. The van der Waals surface area contributed by atoms with Crippen molar-refractivity contribution in [3.8, 4) is 0 Å². The maximum Gasteiger partial charge on any atom is 0.305 e. The van der Waals surface area contributed by atoms with Crippen molar-refractivity contribution >= 4 is 11.9 Å². The van der Waals surface area contributed by atoms with E-state index in [1.54, 1.807) is 6.92 Å². The van der Waals surface area contributed by atoms with E-state index in [4.69, 9.17) is 14.6 Å². The van der Waals surface area contributed by atoms with Gasteiger partial charge >= 0.3 is 5.97 Å². The number of ether oxygens (including phenoxy) is 2. The molecule has 0 spiro atoms. The number of hydrogen-bond donors (Lipinski definition) is 2. The van der Waals surface area contributed by atoms with Gasteiger partial charge in [0.25, 0.3) is 0 Å². The molecular formula is C15H25NO5. The Balaban J connectivity index is 1.81. The third-order valence-corrected chi connectivity index (χ3v) is 4.36. The summed E-state index contributed by atoms with van der Waals surface area (Å²) in [5.41, 5.74) is -0.593. The first-order valence-corrected chi connectivity index (χ1v) is 7.78. The molecule has 1 aliphatic carbocycles. The lowest BCUT2D eigenvalue weighted by Crippen LogP contribution is -2.51. The van der Waals surface area contributed by atoms with E-state index in [0.717, 1.165) is 45.1 Å². The zero-order chi connectivity index (χ0) is 15.3. The summed E-state index contributed by atoms with van der Waals surface area (Å²) in [5, 5.41) is 12.0. The fraction of sp³-hybridized carbons (Fsp3) is 0.867. The van der Waals surface area contributed by atoms with Crippen LogP contribution in [0.3, 0.4) is 0 Å². The van der Waals surface area contributed by atoms with Crippen molar-refractivity contribution in [2.75, 3.05) is 13.2 Å². The first-order valence-electron chi connectivity index (χ1n) is 7.78. The molecule has 1 saturated carbocycles. The molecule has 2 aliphatic rings. The van der Waals surface area contributed by atoms with Crippen LogP contribution < -0.4 is 5.32 Å². The molecule has 1 saturated heterocycles. The maximum atomic E-state index is 12.2. The molecule has 0 radical (unpaired) electrons. The van der Waals surface area contributed by atoms with Crippen LogP contribution in [0.1, 0.15) is 51.9 Å². The first-order chi connectivity index (χ1) is 10.0. The number of aliphatic carboxylic acids is 1. The third kappa shape index (κ3) is 4.68. The largest absolute Gasteiger partial charge is 0.481 e. The molecule has 2 rings (SSSR count). The van der Waals surface area contributed by atoms with Gasteiger partial charge in [0, 0.05) is 6.61 Å². The lowest BCUT2D eigenvalue weighted by atomic mass is 9.93. The van der Waals surface area contributed by atoms with Gasteiger partial charge in [-0.25, -0.2) is 0 Å². The van der Waals surface area contributed by atoms with E-state index in [-0.39, 0.29) is 18.4 Å². The molecule has 1 aliphatic heterocycles. The van der Waals surface area contributed by atoms with Gasteiger partial charge in [0.15, 0.2) is 0 Å². The summed E-state index contributed by atoms with van der Waals surface area (Å²) in [5.74, 6) is -1.10. The highest BCUT2D eigenvalue weighted by Crippen LogP contribution is 2.32. The lowest BCUT2D eigenvalue weighted by molar-refractivity contribution is -0.140. The van der Waals surface area contributed by atoms with E-state index in [1.807, 2.05) is 0 Å². The second-order valence-electron chi connectivity index (χ2n) is 6.16. The van der Waals surface area contributed by atoms with Gasteiger partial charge in [-0.2, -0.15) is 0 Å². The molecule has 2 atom stereocenters. The molecule has 6 heteroatoms. The molecule has 0 bridgehead atoms. The van der Waals surface area contributed by atoms with E-state index in [1.165, 1.54) is 0 Å². The summed E-state index contributed by atoms with van der Waals surface area (Å²) in [6, 6.07) is 0. The normalized spacial score (nSPS) is 25.7. The highest BCUT2D eigenvalue weighted by Gasteiger charge is 2.38. The summed E-state index contributed by atoms with van der Waals surface area (Å²) in [6.07, 6.45) is 4.86. The Morgan fingerprint density at radius 1 is 1.38 bits per heavy atom. The van der Waals surface area contributed by atoms with Crippen molar-refractivity contribution in [1.82, 2.24) is 5.32 Å². The van der Waals surface area contributed by atoms with Crippen LogP contribution >= 0.6 is 0 Å². The Bertz CT molecular complexity index is 372. The Morgan fingerprint density at radius 2 is 2.10 bits per heavy atom. The Kier molecular flexibility index (Phi) is 5.58. The zero-order valence-corrected chi connectivity index (χ0v) is 12.6. The number of rotatable bonds is 7. The van der Waals surface area contributed by atoms with Crippen molar-refractivity contribution in [1.29, 1.82) is 0 Å². The van der Waals surface area contributed by atoms with Crippen LogP contribution in [-0.4, -0.2) is 47.9 Å². The summed E-state index contributed by atoms with van der Waals surface area (Å²) in [6.45, 7) is 2.88. The fourth-order valence-electron chi connectivity index (χ4n) is 3.15. The second-order valence-corrected chi connectivity index (χ2v) is 6.16. The molecule has 6 nitrogen and oxygen atoms in total. The quantitative estimate of drug-likeness (QED) is 0.743. The summed E-state index contributed by atoms with van der Waals surface area (Å²) in [7, 11) is 0. The summed E-state index contributed by atoms with van der Waals surface area (Å²) < 4.78 is 11.0. The highest BCUT2D eigenvalue weighted by molar-refractivity contribution is 5.82. The topological polar surface area (TPSA) is 84.9 Å². The number of carbonyl (C=O) groups is 2. The molecule has 0 aromatic heterocycles. The van der Waals surface area contributed by atoms with E-state index < -0.39 is 17.6 Å². The Hall–Kier alpha value is -1.14. The van der Waals surface area contributed by atoms with Crippen molar-refractivity contribution in [3.05, 3.63) is 0 Å².